The molecule has 0 atom stereocenters. The van der Waals surface area contributed by atoms with Crippen LogP contribution in [0.4, 0.5) is 0 Å². The van der Waals surface area contributed by atoms with E-state index in [2.05, 4.69) is 9.05 Å². The molecule has 0 spiro atoms. The average molecular weight is 89.0 g/mol. The van der Waals surface area contributed by atoms with Crippen LogP contribution in [-0.2, 0) is 7.05 Å². The van der Waals surface area contributed by atoms with Crippen LogP contribution in [0.1, 0.15) is 0 Å². The molecule has 0 aliphatic heterocycles. The standard InChI is InChI=1S/C2H3NO3/c1-3-5-2(4)6-3/h1H3. The van der Waals surface area contributed by atoms with E-state index in [1.54, 1.807) is 0 Å². The highest BCUT2D eigenvalue weighted by Gasteiger charge is 1.90. The van der Waals surface area contributed by atoms with Crippen LogP contribution in [0.25, 0.3) is 0 Å². The molecule has 0 aliphatic rings. The van der Waals surface area contributed by atoms with Crippen LogP contribution in [0.3, 0.4) is 0 Å². The molecule has 0 saturated heterocycles. The molecule has 1 rings (SSSR count). The van der Waals surface area contributed by atoms with Gasteiger partial charge in [0.05, 0.1) is 7.05 Å². The third kappa shape index (κ3) is 0.263. The molecule has 34 valence electrons. The second-order valence-electron chi connectivity index (χ2n) is 0.872. The topological polar surface area (TPSA) is 48.3 Å². The van der Waals surface area contributed by atoms with Crippen LogP contribution >= 0.6 is 0 Å². The number of rotatable bonds is 0. The van der Waals surface area contributed by atoms with Crippen LogP contribution in [0.5, 0.6) is 0 Å². The Morgan fingerprint density at radius 1 is 1.67 bits per heavy atom. The molecule has 0 aliphatic carbocycles. The Morgan fingerprint density at radius 2 is 2.17 bits per heavy atom. The van der Waals surface area contributed by atoms with E-state index in [1.807, 2.05) is 0 Å². The van der Waals surface area contributed by atoms with Crippen LogP contribution in [-0.4, -0.2) is 4.91 Å². The summed E-state index contributed by atoms with van der Waals surface area (Å²) in [7, 11) is 1.49. The zero-order valence-electron chi connectivity index (χ0n) is 3.17. The minimum Gasteiger partial charge on any atom is -0.273 e. The Balaban J connectivity index is 3.06. The number of nitrogens with zero attached hydrogens (tertiary/aromatic N) is 1. The maximum absolute atomic E-state index is 9.62. The smallest absolute Gasteiger partial charge is 0.273 e. The Bertz CT molecular complexity index is 153. The summed E-state index contributed by atoms with van der Waals surface area (Å²) in [6, 6.07) is 0. The Labute approximate surface area is 32.9 Å². The van der Waals surface area contributed by atoms with Crippen molar-refractivity contribution in [1.82, 2.24) is 4.91 Å². The first-order chi connectivity index (χ1) is 2.79. The summed E-state index contributed by atoms with van der Waals surface area (Å²) in [5.74, 6) is -0.641. The minimum absolute atomic E-state index is 0.641. The van der Waals surface area contributed by atoms with Gasteiger partial charge in [0.15, 0.2) is 0 Å². The van der Waals surface area contributed by atoms with Crippen molar-refractivity contribution in [2.24, 2.45) is 7.05 Å². The molecule has 0 aromatic carbocycles. The van der Waals surface area contributed by atoms with Gasteiger partial charge in [0, 0.05) is 0 Å². The first kappa shape index (κ1) is 3.27. The van der Waals surface area contributed by atoms with Crippen molar-refractivity contribution >= 4 is 0 Å². The average Bonchev–Trinajstić information content (AvgIpc) is 1.33. The van der Waals surface area contributed by atoms with E-state index in [9.17, 15) is 4.79 Å². The van der Waals surface area contributed by atoms with Gasteiger partial charge in [-0.15, -0.1) is 0 Å². The lowest BCUT2D eigenvalue weighted by Gasteiger charge is -1.89. The molecular formula is C2H3NO3. The summed E-state index contributed by atoms with van der Waals surface area (Å²) in [4.78, 5) is 10.6. The van der Waals surface area contributed by atoms with Gasteiger partial charge in [-0.05, 0) is 0 Å². The number of aryl methyl sites for hydroxylation is 1. The summed E-state index contributed by atoms with van der Waals surface area (Å²) in [6.45, 7) is 0. The Kier molecular flexibility index (Phi) is 0.418. The molecule has 0 radical (unpaired) electrons. The van der Waals surface area contributed by atoms with Gasteiger partial charge < -0.3 is 0 Å². The molecule has 0 unspecified atom stereocenters. The minimum atomic E-state index is -0.641. The molecule has 4 heteroatoms. The lowest BCUT2D eigenvalue weighted by atomic mass is 11.4. The lowest BCUT2D eigenvalue weighted by Crippen LogP contribution is -2.12. The molecule has 1 heterocycles. The molecule has 4 nitrogen and oxygen atoms in total. The van der Waals surface area contributed by atoms with Crippen molar-refractivity contribution in [2.45, 2.75) is 0 Å². The molecular weight excluding hydrogens is 86.0 g/mol. The molecule has 0 saturated carbocycles. The van der Waals surface area contributed by atoms with Crippen molar-refractivity contribution in [3.8, 4) is 0 Å². The van der Waals surface area contributed by atoms with Crippen LogP contribution < -0.4 is 5.82 Å². The van der Waals surface area contributed by atoms with Gasteiger partial charge in [0.2, 0.25) is 0 Å². The first-order valence-electron chi connectivity index (χ1n) is 1.42. The summed E-state index contributed by atoms with van der Waals surface area (Å²) in [5.41, 5.74) is 0. The number of hydrogen-bond donors (Lipinski definition) is 0. The van der Waals surface area contributed by atoms with Crippen molar-refractivity contribution in [2.75, 3.05) is 0 Å². The lowest BCUT2D eigenvalue weighted by molar-refractivity contribution is -0.0691. The summed E-state index contributed by atoms with van der Waals surface area (Å²) < 4.78 is 8.22. The molecule has 1 aromatic rings. The Morgan fingerprint density at radius 3 is 2.17 bits per heavy atom. The predicted octanol–water partition coefficient (Wildman–Crippen LogP) is -0.429. The van der Waals surface area contributed by atoms with E-state index in [4.69, 9.17) is 0 Å². The molecule has 6 heavy (non-hydrogen) atoms. The van der Waals surface area contributed by atoms with Gasteiger partial charge in [-0.1, -0.05) is 4.91 Å². The van der Waals surface area contributed by atoms with Gasteiger partial charge in [0.1, 0.15) is 0 Å². The fourth-order valence-corrected chi connectivity index (χ4v) is 0.217. The van der Waals surface area contributed by atoms with Crippen molar-refractivity contribution in [3.05, 3.63) is 10.6 Å². The van der Waals surface area contributed by atoms with E-state index in [-0.39, 0.29) is 0 Å². The van der Waals surface area contributed by atoms with Crippen molar-refractivity contribution in [3.63, 3.8) is 0 Å². The first-order valence-corrected chi connectivity index (χ1v) is 1.42. The van der Waals surface area contributed by atoms with E-state index in [0.29, 0.717) is 0 Å². The fourth-order valence-electron chi connectivity index (χ4n) is 0.217. The van der Waals surface area contributed by atoms with Gasteiger partial charge >= 0.3 is 5.82 Å². The molecule has 0 bridgehead atoms. The quantitative estimate of drug-likeness (QED) is 0.433. The monoisotopic (exact) mass is 89.0 g/mol. The highest BCUT2D eigenvalue weighted by atomic mass is 16.8. The van der Waals surface area contributed by atoms with Crippen LogP contribution in [0.2, 0.25) is 0 Å². The SMILES string of the molecule is Cn1oc(=O)o1. The number of aromatic nitrogens is 1. The largest absolute Gasteiger partial charge is 0.563 e. The summed E-state index contributed by atoms with van der Waals surface area (Å²) in [5, 5.41) is 0. The normalized spacial score (nSPS) is 9.50. The number of hydrogen-bond acceptors (Lipinski definition) is 3. The highest BCUT2D eigenvalue weighted by Crippen LogP contribution is 1.69. The second kappa shape index (κ2) is 0.767. The van der Waals surface area contributed by atoms with Gasteiger partial charge in [0.25, 0.3) is 0 Å². The van der Waals surface area contributed by atoms with E-state index >= 15 is 0 Å². The molecule has 0 amide bonds. The van der Waals surface area contributed by atoms with E-state index in [1.165, 1.54) is 7.05 Å². The third-order valence-corrected chi connectivity index (χ3v) is 0.406. The third-order valence-electron chi connectivity index (χ3n) is 0.406. The van der Waals surface area contributed by atoms with Gasteiger partial charge in [-0.25, -0.2) is 0 Å². The maximum Gasteiger partial charge on any atom is 0.563 e. The van der Waals surface area contributed by atoms with Gasteiger partial charge in [-0.3, -0.25) is 9.05 Å². The predicted molar refractivity (Wildman–Crippen MR) is 16.2 cm³/mol. The Hall–Kier alpha value is -0.930. The maximum atomic E-state index is 9.62. The summed E-state index contributed by atoms with van der Waals surface area (Å²) in [6.07, 6.45) is 0. The van der Waals surface area contributed by atoms with Gasteiger partial charge in [-0.2, -0.15) is 4.79 Å². The van der Waals surface area contributed by atoms with Crippen LogP contribution in [0, 0.1) is 0 Å². The molecule has 1 aromatic heterocycles. The van der Waals surface area contributed by atoms with Crippen molar-refractivity contribution in [1.29, 1.82) is 0 Å². The highest BCUT2D eigenvalue weighted by molar-refractivity contribution is 4.21. The zero-order valence-corrected chi connectivity index (χ0v) is 3.17. The summed E-state index contributed by atoms with van der Waals surface area (Å²) >= 11 is 0. The zero-order chi connectivity index (χ0) is 4.57. The molecule has 0 N–H and O–H groups in total. The fraction of sp³-hybridized carbons (Fsp3) is 0.500. The van der Waals surface area contributed by atoms with Crippen LogP contribution in [0.15, 0.2) is 13.8 Å². The second-order valence-corrected chi connectivity index (χ2v) is 0.872. The van der Waals surface area contributed by atoms with E-state index < -0.39 is 5.82 Å². The van der Waals surface area contributed by atoms with Crippen molar-refractivity contribution < 1.29 is 9.05 Å². The van der Waals surface area contributed by atoms with E-state index in [0.717, 1.165) is 4.91 Å². The molecule has 0 fully saturated rings.